The number of benzene rings is 1. The molecule has 0 atom stereocenters. The topological polar surface area (TPSA) is 12.9 Å². The molecule has 3 rings (SSSR count). The molecule has 2 aromatic heterocycles. The summed E-state index contributed by atoms with van der Waals surface area (Å²) in [6, 6.07) is 8.87. The second-order valence-corrected chi connectivity index (χ2v) is 5.94. The van der Waals surface area contributed by atoms with E-state index >= 15 is 0 Å². The van der Waals surface area contributed by atoms with Gasteiger partial charge in [-0.05, 0) is 36.1 Å². The zero-order chi connectivity index (χ0) is 12.5. The lowest BCUT2D eigenvalue weighted by Gasteiger charge is -1.96. The third kappa shape index (κ3) is 2.09. The second-order valence-electron chi connectivity index (χ2n) is 4.00. The van der Waals surface area contributed by atoms with E-state index in [1.165, 1.54) is 27.8 Å². The van der Waals surface area contributed by atoms with Gasteiger partial charge < -0.3 is 0 Å². The summed E-state index contributed by atoms with van der Waals surface area (Å²) in [7, 11) is 0. The van der Waals surface area contributed by atoms with E-state index in [1.807, 2.05) is 12.3 Å². The molecule has 1 nitrogen and oxygen atoms in total. The molecule has 0 bridgehead atoms. The lowest BCUT2D eigenvalue weighted by Crippen LogP contribution is -1.80. The summed E-state index contributed by atoms with van der Waals surface area (Å²) < 4.78 is 13.7. The highest BCUT2D eigenvalue weighted by molar-refractivity contribution is 7.23. The van der Waals surface area contributed by atoms with Crippen LogP contribution < -0.4 is 0 Å². The molecule has 0 aliphatic rings. The number of aromatic nitrogens is 1. The Kier molecular flexibility index (Phi) is 2.97. The largest absolute Gasteiger partial charge is 0.244 e. The molecule has 90 valence electrons. The summed E-state index contributed by atoms with van der Waals surface area (Å²) in [6.45, 7) is 2.07. The minimum atomic E-state index is -0.222. The van der Waals surface area contributed by atoms with Crippen molar-refractivity contribution in [2.24, 2.45) is 0 Å². The van der Waals surface area contributed by atoms with Gasteiger partial charge in [-0.2, -0.15) is 0 Å². The van der Waals surface area contributed by atoms with Crippen molar-refractivity contribution in [3.63, 3.8) is 0 Å². The van der Waals surface area contributed by atoms with Gasteiger partial charge in [-0.25, -0.2) is 9.37 Å². The maximum Gasteiger partial charge on any atom is 0.133 e. The van der Waals surface area contributed by atoms with Crippen molar-refractivity contribution >= 4 is 22.7 Å². The van der Waals surface area contributed by atoms with Crippen LogP contribution in [0.1, 0.15) is 5.56 Å². The molecule has 0 fully saturated rings. The van der Waals surface area contributed by atoms with E-state index in [0.717, 1.165) is 9.88 Å². The van der Waals surface area contributed by atoms with Crippen LogP contribution in [0, 0.1) is 12.7 Å². The van der Waals surface area contributed by atoms with Crippen molar-refractivity contribution in [3.05, 3.63) is 53.3 Å². The van der Waals surface area contributed by atoms with Gasteiger partial charge in [0.15, 0.2) is 0 Å². The van der Waals surface area contributed by atoms with Gasteiger partial charge in [-0.3, -0.25) is 0 Å². The second kappa shape index (κ2) is 4.63. The first-order valence-electron chi connectivity index (χ1n) is 5.50. The Bertz CT molecular complexity index is 684. The fraction of sp³-hybridized carbons (Fsp3) is 0.0714. The average Bonchev–Trinajstić information content (AvgIpc) is 2.98. The molecule has 0 aliphatic carbocycles. The number of thiazole rings is 1. The minimum absolute atomic E-state index is 0.222. The lowest BCUT2D eigenvalue weighted by atomic mass is 10.2. The number of nitrogens with zero attached hydrogens (tertiary/aromatic N) is 1. The zero-order valence-corrected chi connectivity index (χ0v) is 11.3. The van der Waals surface area contributed by atoms with Crippen molar-refractivity contribution in [2.75, 3.05) is 0 Å². The number of rotatable bonds is 2. The molecule has 3 aromatic rings. The van der Waals surface area contributed by atoms with Crippen LogP contribution >= 0.6 is 22.7 Å². The predicted octanol–water partition coefficient (Wildman–Crippen LogP) is 4.99. The quantitative estimate of drug-likeness (QED) is 0.642. The van der Waals surface area contributed by atoms with Crippen molar-refractivity contribution in [1.82, 2.24) is 4.98 Å². The maximum atomic E-state index is 13.7. The third-order valence-corrected chi connectivity index (χ3v) is 4.86. The maximum absolute atomic E-state index is 13.7. The monoisotopic (exact) mass is 275 g/mol. The van der Waals surface area contributed by atoms with Gasteiger partial charge in [0.05, 0.1) is 4.88 Å². The predicted molar refractivity (Wildman–Crippen MR) is 75.6 cm³/mol. The van der Waals surface area contributed by atoms with Gasteiger partial charge in [0, 0.05) is 16.6 Å². The van der Waals surface area contributed by atoms with Crippen molar-refractivity contribution in [1.29, 1.82) is 0 Å². The van der Waals surface area contributed by atoms with E-state index in [0.29, 0.717) is 5.56 Å². The normalized spacial score (nSPS) is 10.8. The molecule has 4 heteroatoms. The van der Waals surface area contributed by atoms with Crippen LogP contribution in [0.5, 0.6) is 0 Å². The summed E-state index contributed by atoms with van der Waals surface area (Å²) in [6.07, 6.45) is 1.82. The van der Waals surface area contributed by atoms with E-state index in [2.05, 4.69) is 23.4 Å². The summed E-state index contributed by atoms with van der Waals surface area (Å²) in [5, 5.41) is 2.84. The number of hydrogen-bond acceptors (Lipinski definition) is 3. The highest BCUT2D eigenvalue weighted by atomic mass is 32.1. The summed E-state index contributed by atoms with van der Waals surface area (Å²) >= 11 is 3.22. The Balaban J connectivity index is 2.02. The summed E-state index contributed by atoms with van der Waals surface area (Å²) in [5.74, 6) is -0.222. The molecule has 1 aromatic carbocycles. The fourth-order valence-corrected chi connectivity index (χ4v) is 3.63. The molecule has 0 amide bonds. The SMILES string of the molecule is Cc1csc(-c2cnc(-c3ccccc3F)s2)c1. The minimum Gasteiger partial charge on any atom is -0.244 e. The smallest absolute Gasteiger partial charge is 0.133 e. The molecule has 0 N–H and O–H groups in total. The van der Waals surface area contributed by atoms with Gasteiger partial charge in [-0.15, -0.1) is 22.7 Å². The average molecular weight is 275 g/mol. The van der Waals surface area contributed by atoms with E-state index in [1.54, 1.807) is 23.5 Å². The van der Waals surface area contributed by atoms with Crippen LogP contribution in [0.4, 0.5) is 4.39 Å². The summed E-state index contributed by atoms with van der Waals surface area (Å²) in [4.78, 5) is 6.59. The van der Waals surface area contributed by atoms with E-state index in [9.17, 15) is 4.39 Å². The van der Waals surface area contributed by atoms with Crippen molar-refractivity contribution < 1.29 is 4.39 Å². The molecule has 0 unspecified atom stereocenters. The molecule has 0 aliphatic heterocycles. The van der Waals surface area contributed by atoms with Gasteiger partial charge in [0.2, 0.25) is 0 Å². The van der Waals surface area contributed by atoms with Crippen LogP contribution in [-0.2, 0) is 0 Å². The third-order valence-electron chi connectivity index (χ3n) is 2.58. The first kappa shape index (κ1) is 11.6. The highest BCUT2D eigenvalue weighted by Gasteiger charge is 2.10. The standard InChI is InChI=1S/C14H10FNS2/c1-9-6-12(17-8-9)13-7-16-14(18-13)10-4-2-3-5-11(10)15/h2-8H,1H3. The van der Waals surface area contributed by atoms with Gasteiger partial charge >= 0.3 is 0 Å². The molecular weight excluding hydrogens is 265 g/mol. The van der Waals surface area contributed by atoms with Crippen LogP contribution in [-0.4, -0.2) is 4.98 Å². The van der Waals surface area contributed by atoms with E-state index < -0.39 is 0 Å². The Morgan fingerprint density at radius 3 is 2.72 bits per heavy atom. The van der Waals surface area contributed by atoms with E-state index in [-0.39, 0.29) is 5.82 Å². The molecule has 0 saturated heterocycles. The van der Waals surface area contributed by atoms with Crippen LogP contribution in [0.2, 0.25) is 0 Å². The summed E-state index contributed by atoms with van der Waals surface area (Å²) in [5.41, 5.74) is 1.82. The Labute approximate surface area is 113 Å². The zero-order valence-electron chi connectivity index (χ0n) is 9.68. The first-order chi connectivity index (χ1) is 8.74. The van der Waals surface area contributed by atoms with Crippen molar-refractivity contribution in [3.8, 4) is 20.3 Å². The fourth-order valence-electron chi connectivity index (χ4n) is 1.71. The molecule has 0 saturated carbocycles. The van der Waals surface area contributed by atoms with Crippen LogP contribution in [0.25, 0.3) is 20.3 Å². The Morgan fingerprint density at radius 2 is 2.00 bits per heavy atom. The number of hydrogen-bond donors (Lipinski definition) is 0. The molecule has 0 radical (unpaired) electrons. The first-order valence-corrected chi connectivity index (χ1v) is 7.20. The molecular formula is C14H10FNS2. The number of aryl methyl sites for hydroxylation is 1. The van der Waals surface area contributed by atoms with Crippen LogP contribution in [0.15, 0.2) is 41.9 Å². The number of thiophene rings is 1. The highest BCUT2D eigenvalue weighted by Crippen LogP contribution is 2.35. The molecule has 2 heterocycles. The number of halogens is 1. The Hall–Kier alpha value is -1.52. The van der Waals surface area contributed by atoms with Crippen LogP contribution in [0.3, 0.4) is 0 Å². The van der Waals surface area contributed by atoms with Gasteiger partial charge in [0.1, 0.15) is 10.8 Å². The van der Waals surface area contributed by atoms with Gasteiger partial charge in [-0.1, -0.05) is 12.1 Å². The Morgan fingerprint density at radius 1 is 1.17 bits per heavy atom. The lowest BCUT2D eigenvalue weighted by molar-refractivity contribution is 0.631. The van der Waals surface area contributed by atoms with E-state index in [4.69, 9.17) is 0 Å². The molecule has 18 heavy (non-hydrogen) atoms. The molecule has 0 spiro atoms. The van der Waals surface area contributed by atoms with Gasteiger partial charge in [0.25, 0.3) is 0 Å². The van der Waals surface area contributed by atoms with Crippen molar-refractivity contribution in [2.45, 2.75) is 6.92 Å².